The second kappa shape index (κ2) is 5.09. The monoisotopic (exact) mass is 292 g/mol. The van der Waals surface area contributed by atoms with Crippen molar-refractivity contribution in [1.82, 2.24) is 4.90 Å². The Balaban J connectivity index is 1.78. The van der Waals surface area contributed by atoms with Crippen molar-refractivity contribution in [2.45, 2.75) is 19.3 Å². The molecule has 0 radical (unpaired) electrons. The Morgan fingerprint density at radius 2 is 2.00 bits per heavy atom. The number of carbonyl (C=O) groups excluding carboxylic acids is 2. The number of nitrogens with zero attached hydrogens (tertiary/aromatic N) is 1. The molecule has 1 aromatic carbocycles. The van der Waals surface area contributed by atoms with Crippen molar-refractivity contribution in [2.24, 2.45) is 5.41 Å². The largest absolute Gasteiger partial charge is 0.342 e. The zero-order chi connectivity index (χ0) is 14.2. The molecule has 0 aliphatic carbocycles. The second-order valence-corrected chi connectivity index (χ2v) is 5.85. The van der Waals surface area contributed by atoms with E-state index >= 15 is 0 Å². The van der Waals surface area contributed by atoms with Gasteiger partial charge < -0.3 is 10.2 Å². The number of anilines is 1. The van der Waals surface area contributed by atoms with Crippen molar-refractivity contribution < 1.29 is 9.59 Å². The summed E-state index contributed by atoms with van der Waals surface area (Å²) in [6, 6.07) is 7.92. The van der Waals surface area contributed by atoms with E-state index in [1.165, 1.54) is 5.56 Å². The maximum Gasteiger partial charge on any atom is 0.237 e. The van der Waals surface area contributed by atoms with E-state index in [1.54, 1.807) is 4.90 Å². The quantitative estimate of drug-likeness (QED) is 0.805. The van der Waals surface area contributed by atoms with Gasteiger partial charge in [-0.15, -0.1) is 11.6 Å². The Labute approximate surface area is 123 Å². The number of likely N-dealkylation sites (tertiary alicyclic amines) is 1. The molecule has 2 aliphatic rings. The van der Waals surface area contributed by atoms with Gasteiger partial charge in [0.1, 0.15) is 5.88 Å². The van der Waals surface area contributed by atoms with Crippen LogP contribution < -0.4 is 5.32 Å². The minimum atomic E-state index is -0.364. The van der Waals surface area contributed by atoms with Gasteiger partial charge in [-0.25, -0.2) is 0 Å². The number of para-hydroxylation sites is 1. The van der Waals surface area contributed by atoms with Crippen LogP contribution in [0.1, 0.15) is 18.4 Å². The lowest BCUT2D eigenvalue weighted by atomic mass is 9.71. The van der Waals surface area contributed by atoms with Crippen LogP contribution in [0.4, 0.5) is 5.69 Å². The number of alkyl halides is 1. The predicted octanol–water partition coefficient (Wildman–Crippen LogP) is 2.03. The van der Waals surface area contributed by atoms with Crippen LogP contribution in [0.25, 0.3) is 0 Å². The molecule has 0 bridgehead atoms. The summed E-state index contributed by atoms with van der Waals surface area (Å²) in [4.78, 5) is 25.8. The lowest BCUT2D eigenvalue weighted by molar-refractivity contribution is -0.136. The van der Waals surface area contributed by atoms with Crippen LogP contribution in [0, 0.1) is 5.41 Å². The molecule has 1 N–H and O–H groups in total. The normalized spacial score (nSPS) is 20.4. The van der Waals surface area contributed by atoms with Crippen molar-refractivity contribution in [3.05, 3.63) is 29.8 Å². The SMILES string of the molecule is O=C(CCl)N1CCC2(CC1)Cc1ccccc1NC2=O. The fourth-order valence-electron chi connectivity index (χ4n) is 3.17. The molecule has 2 amide bonds. The van der Waals surface area contributed by atoms with Gasteiger partial charge in [-0.2, -0.15) is 0 Å². The average molecular weight is 293 g/mol. The van der Waals surface area contributed by atoms with Gasteiger partial charge in [-0.3, -0.25) is 9.59 Å². The molecule has 4 nitrogen and oxygen atoms in total. The second-order valence-electron chi connectivity index (χ2n) is 5.58. The Kier molecular flexibility index (Phi) is 3.42. The number of halogens is 1. The molecule has 3 rings (SSSR count). The highest BCUT2D eigenvalue weighted by atomic mass is 35.5. The molecular weight excluding hydrogens is 276 g/mol. The van der Waals surface area contributed by atoms with Crippen molar-refractivity contribution in [3.8, 4) is 0 Å². The highest BCUT2D eigenvalue weighted by Gasteiger charge is 2.44. The summed E-state index contributed by atoms with van der Waals surface area (Å²) in [6.07, 6.45) is 2.17. The first-order chi connectivity index (χ1) is 9.64. The molecule has 0 unspecified atom stereocenters. The number of benzene rings is 1. The maximum atomic E-state index is 12.4. The molecule has 2 heterocycles. The average Bonchev–Trinajstić information content (AvgIpc) is 2.48. The molecule has 106 valence electrons. The van der Waals surface area contributed by atoms with Gasteiger partial charge in [0.15, 0.2) is 0 Å². The molecule has 0 aromatic heterocycles. The van der Waals surface area contributed by atoms with Crippen molar-refractivity contribution in [1.29, 1.82) is 0 Å². The third-order valence-electron chi connectivity index (χ3n) is 4.46. The van der Waals surface area contributed by atoms with E-state index in [4.69, 9.17) is 11.6 Å². The van der Waals surface area contributed by atoms with E-state index in [2.05, 4.69) is 11.4 Å². The maximum absolute atomic E-state index is 12.4. The fraction of sp³-hybridized carbons (Fsp3) is 0.467. The third kappa shape index (κ3) is 2.18. The van der Waals surface area contributed by atoms with Crippen molar-refractivity contribution >= 4 is 29.1 Å². The summed E-state index contributed by atoms with van der Waals surface area (Å²) in [5.74, 6) is 0.0643. The third-order valence-corrected chi connectivity index (χ3v) is 4.69. The number of rotatable bonds is 1. The highest BCUT2D eigenvalue weighted by Crippen LogP contribution is 2.41. The predicted molar refractivity (Wildman–Crippen MR) is 77.7 cm³/mol. The Morgan fingerprint density at radius 3 is 2.70 bits per heavy atom. The number of carbonyl (C=O) groups is 2. The molecule has 1 saturated heterocycles. The van der Waals surface area contributed by atoms with Crippen molar-refractivity contribution in [2.75, 3.05) is 24.3 Å². The van der Waals surface area contributed by atoms with Gasteiger partial charge in [-0.05, 0) is 30.9 Å². The lowest BCUT2D eigenvalue weighted by Crippen LogP contribution is -2.51. The summed E-state index contributed by atoms with van der Waals surface area (Å²) in [5, 5.41) is 3.01. The number of piperidine rings is 1. The van der Waals surface area contributed by atoms with Crippen LogP contribution >= 0.6 is 11.6 Å². The summed E-state index contributed by atoms with van der Waals surface area (Å²) < 4.78 is 0. The van der Waals surface area contributed by atoms with E-state index in [-0.39, 0.29) is 23.1 Å². The van der Waals surface area contributed by atoms with Gasteiger partial charge in [0, 0.05) is 18.8 Å². The van der Waals surface area contributed by atoms with Crippen LogP contribution in [0.3, 0.4) is 0 Å². The van der Waals surface area contributed by atoms with E-state index in [1.807, 2.05) is 18.2 Å². The van der Waals surface area contributed by atoms with E-state index in [0.29, 0.717) is 25.9 Å². The van der Waals surface area contributed by atoms with Gasteiger partial charge in [0.2, 0.25) is 11.8 Å². The highest BCUT2D eigenvalue weighted by molar-refractivity contribution is 6.27. The molecule has 0 atom stereocenters. The molecule has 2 aliphatic heterocycles. The first kappa shape index (κ1) is 13.4. The van der Waals surface area contributed by atoms with Crippen LogP contribution in [0.15, 0.2) is 24.3 Å². The van der Waals surface area contributed by atoms with Crippen molar-refractivity contribution in [3.63, 3.8) is 0 Å². The summed E-state index contributed by atoms with van der Waals surface area (Å²) in [6.45, 7) is 1.22. The Bertz CT molecular complexity index is 551. The number of amides is 2. The van der Waals surface area contributed by atoms with Gasteiger partial charge in [-0.1, -0.05) is 18.2 Å². The zero-order valence-corrected chi connectivity index (χ0v) is 11.9. The summed E-state index contributed by atoms with van der Waals surface area (Å²) >= 11 is 5.59. The van der Waals surface area contributed by atoms with Crippen LogP contribution in [0.5, 0.6) is 0 Å². The molecule has 1 spiro atoms. The van der Waals surface area contributed by atoms with Crippen LogP contribution in [-0.4, -0.2) is 35.7 Å². The first-order valence-corrected chi connectivity index (χ1v) is 7.41. The summed E-state index contributed by atoms with van der Waals surface area (Å²) in [7, 11) is 0. The van der Waals surface area contributed by atoms with Gasteiger partial charge in [0.05, 0.1) is 5.41 Å². The molecule has 1 aromatic rings. The molecule has 20 heavy (non-hydrogen) atoms. The van der Waals surface area contributed by atoms with E-state index in [9.17, 15) is 9.59 Å². The summed E-state index contributed by atoms with van der Waals surface area (Å²) in [5.41, 5.74) is 1.74. The standard InChI is InChI=1S/C15H17ClN2O2/c16-10-13(19)18-7-5-15(6-8-18)9-11-3-1-2-4-12(11)17-14(15)20/h1-4H,5-10H2,(H,17,20). The Hall–Kier alpha value is -1.55. The number of nitrogens with one attached hydrogen (secondary N) is 1. The lowest BCUT2D eigenvalue weighted by Gasteiger charge is -2.43. The minimum Gasteiger partial charge on any atom is -0.342 e. The molecule has 5 heteroatoms. The topological polar surface area (TPSA) is 49.4 Å². The van der Waals surface area contributed by atoms with E-state index < -0.39 is 0 Å². The minimum absolute atomic E-state index is 0.0159. The molecular formula is C15H17ClN2O2. The first-order valence-electron chi connectivity index (χ1n) is 6.88. The van der Waals surface area contributed by atoms with Gasteiger partial charge >= 0.3 is 0 Å². The van der Waals surface area contributed by atoms with E-state index in [0.717, 1.165) is 12.1 Å². The van der Waals surface area contributed by atoms with Gasteiger partial charge in [0.25, 0.3) is 0 Å². The number of hydrogen-bond acceptors (Lipinski definition) is 2. The Morgan fingerprint density at radius 1 is 1.30 bits per heavy atom. The van der Waals surface area contributed by atoms with Crippen LogP contribution in [0.2, 0.25) is 0 Å². The zero-order valence-electron chi connectivity index (χ0n) is 11.2. The van der Waals surface area contributed by atoms with Crippen LogP contribution in [-0.2, 0) is 16.0 Å². The molecule has 1 fully saturated rings. The number of hydrogen-bond donors (Lipinski definition) is 1. The molecule has 0 saturated carbocycles. The number of fused-ring (bicyclic) bond motifs is 1. The fourth-order valence-corrected chi connectivity index (χ4v) is 3.34. The smallest absolute Gasteiger partial charge is 0.237 e.